The highest BCUT2D eigenvalue weighted by atomic mass is 19.2. The minimum absolute atomic E-state index is 0.315. The molecule has 2 rings (SSSR count). The van der Waals surface area contributed by atoms with Crippen molar-refractivity contribution < 1.29 is 8.78 Å². The van der Waals surface area contributed by atoms with Crippen LogP contribution < -0.4 is 0 Å². The van der Waals surface area contributed by atoms with Crippen molar-refractivity contribution in [1.29, 1.82) is 0 Å². The van der Waals surface area contributed by atoms with Gasteiger partial charge in [-0.05, 0) is 54.4 Å². The standard InChI is InChI=1S/C13H16F2/c1-3-8(2)10-6-12(14)13(15)7-11(10)9-4-5-9/h6-9H,3-5H2,1-2H3/t8-/m0/s1. The van der Waals surface area contributed by atoms with Crippen molar-refractivity contribution in [2.24, 2.45) is 0 Å². The number of hydrogen-bond donors (Lipinski definition) is 0. The minimum Gasteiger partial charge on any atom is -0.204 e. The van der Waals surface area contributed by atoms with Crippen LogP contribution in [0.4, 0.5) is 8.78 Å². The van der Waals surface area contributed by atoms with Crippen LogP contribution >= 0.6 is 0 Å². The topological polar surface area (TPSA) is 0 Å². The van der Waals surface area contributed by atoms with E-state index in [1.807, 2.05) is 0 Å². The number of benzene rings is 1. The van der Waals surface area contributed by atoms with Crippen molar-refractivity contribution in [3.63, 3.8) is 0 Å². The second-order valence-electron chi connectivity index (χ2n) is 4.48. The van der Waals surface area contributed by atoms with Crippen LogP contribution in [0.3, 0.4) is 0 Å². The van der Waals surface area contributed by atoms with Crippen molar-refractivity contribution >= 4 is 0 Å². The predicted molar refractivity (Wildman–Crippen MR) is 57.0 cm³/mol. The van der Waals surface area contributed by atoms with Crippen molar-refractivity contribution in [1.82, 2.24) is 0 Å². The molecule has 82 valence electrons. The Morgan fingerprint density at radius 3 is 2.40 bits per heavy atom. The van der Waals surface area contributed by atoms with Gasteiger partial charge in [0.05, 0.1) is 0 Å². The average molecular weight is 210 g/mol. The highest BCUT2D eigenvalue weighted by Crippen LogP contribution is 2.44. The average Bonchev–Trinajstić information content (AvgIpc) is 3.04. The molecule has 0 amide bonds. The van der Waals surface area contributed by atoms with E-state index in [1.165, 1.54) is 12.1 Å². The molecular weight excluding hydrogens is 194 g/mol. The van der Waals surface area contributed by atoms with E-state index in [1.54, 1.807) is 0 Å². The Balaban J connectivity index is 2.45. The summed E-state index contributed by atoms with van der Waals surface area (Å²) >= 11 is 0. The van der Waals surface area contributed by atoms with Gasteiger partial charge in [-0.2, -0.15) is 0 Å². The van der Waals surface area contributed by atoms with Gasteiger partial charge in [0.15, 0.2) is 11.6 Å². The highest BCUT2D eigenvalue weighted by Gasteiger charge is 2.28. The lowest BCUT2D eigenvalue weighted by Crippen LogP contribution is -2.00. The molecular formula is C13H16F2. The Hall–Kier alpha value is -0.920. The van der Waals surface area contributed by atoms with Crippen LogP contribution in [0.15, 0.2) is 12.1 Å². The third kappa shape index (κ3) is 2.04. The van der Waals surface area contributed by atoms with Gasteiger partial charge in [0.1, 0.15) is 0 Å². The molecule has 0 saturated heterocycles. The number of hydrogen-bond acceptors (Lipinski definition) is 0. The minimum atomic E-state index is -0.713. The Bertz CT molecular complexity index is 367. The zero-order chi connectivity index (χ0) is 11.0. The van der Waals surface area contributed by atoms with Gasteiger partial charge in [0, 0.05) is 0 Å². The molecule has 0 aromatic heterocycles. The molecule has 1 saturated carbocycles. The molecule has 0 spiro atoms. The maximum absolute atomic E-state index is 13.2. The third-order valence-electron chi connectivity index (χ3n) is 3.29. The van der Waals surface area contributed by atoms with Crippen LogP contribution in [-0.2, 0) is 0 Å². The van der Waals surface area contributed by atoms with E-state index in [9.17, 15) is 8.78 Å². The van der Waals surface area contributed by atoms with Gasteiger partial charge in [-0.15, -0.1) is 0 Å². The molecule has 1 aliphatic carbocycles. The Morgan fingerprint density at radius 2 is 1.87 bits per heavy atom. The quantitative estimate of drug-likeness (QED) is 0.695. The fourth-order valence-electron chi connectivity index (χ4n) is 1.97. The first kappa shape index (κ1) is 10.6. The van der Waals surface area contributed by atoms with E-state index in [0.717, 1.165) is 30.4 Å². The molecule has 0 unspecified atom stereocenters. The molecule has 1 aromatic carbocycles. The summed E-state index contributed by atoms with van der Waals surface area (Å²) in [5.74, 6) is -0.626. The lowest BCUT2D eigenvalue weighted by Gasteiger charge is -2.15. The van der Waals surface area contributed by atoms with Crippen LogP contribution in [0.25, 0.3) is 0 Å². The van der Waals surface area contributed by atoms with E-state index in [-0.39, 0.29) is 0 Å². The van der Waals surface area contributed by atoms with Gasteiger partial charge in [0.2, 0.25) is 0 Å². The summed E-state index contributed by atoms with van der Waals surface area (Å²) in [7, 11) is 0. The van der Waals surface area contributed by atoms with Crippen molar-refractivity contribution in [3.05, 3.63) is 34.9 Å². The molecule has 2 heteroatoms. The molecule has 1 aliphatic rings. The molecule has 1 fully saturated rings. The van der Waals surface area contributed by atoms with Crippen LogP contribution in [-0.4, -0.2) is 0 Å². The number of rotatable bonds is 3. The second-order valence-corrected chi connectivity index (χ2v) is 4.48. The van der Waals surface area contributed by atoms with Crippen molar-refractivity contribution in [2.75, 3.05) is 0 Å². The zero-order valence-electron chi connectivity index (χ0n) is 9.19. The zero-order valence-corrected chi connectivity index (χ0v) is 9.19. The molecule has 1 aromatic rings. The van der Waals surface area contributed by atoms with Gasteiger partial charge in [-0.1, -0.05) is 13.8 Å². The first-order chi connectivity index (χ1) is 7.13. The SMILES string of the molecule is CC[C@H](C)c1cc(F)c(F)cc1C1CC1. The van der Waals surface area contributed by atoms with Gasteiger partial charge >= 0.3 is 0 Å². The van der Waals surface area contributed by atoms with E-state index < -0.39 is 11.6 Å². The summed E-state index contributed by atoms with van der Waals surface area (Å²) in [6, 6.07) is 2.78. The Kier molecular flexibility index (Phi) is 2.76. The van der Waals surface area contributed by atoms with Gasteiger partial charge in [-0.25, -0.2) is 8.78 Å². The van der Waals surface area contributed by atoms with Crippen LogP contribution in [0.1, 0.15) is 56.1 Å². The van der Waals surface area contributed by atoms with Gasteiger partial charge in [0.25, 0.3) is 0 Å². The maximum Gasteiger partial charge on any atom is 0.159 e. The largest absolute Gasteiger partial charge is 0.204 e. The first-order valence-corrected chi connectivity index (χ1v) is 5.62. The predicted octanol–water partition coefficient (Wildman–Crippen LogP) is 4.36. The van der Waals surface area contributed by atoms with E-state index >= 15 is 0 Å². The summed E-state index contributed by atoms with van der Waals surface area (Å²) in [5.41, 5.74) is 2.03. The molecule has 0 aliphatic heterocycles. The molecule has 1 atom stereocenters. The summed E-state index contributed by atoms with van der Waals surface area (Å²) in [6.07, 6.45) is 3.20. The van der Waals surface area contributed by atoms with E-state index in [2.05, 4.69) is 13.8 Å². The van der Waals surface area contributed by atoms with E-state index in [0.29, 0.717) is 11.8 Å². The van der Waals surface area contributed by atoms with Crippen LogP contribution in [0, 0.1) is 11.6 Å². The molecule has 0 N–H and O–H groups in total. The first-order valence-electron chi connectivity index (χ1n) is 5.62. The summed E-state index contributed by atoms with van der Waals surface area (Å²) in [4.78, 5) is 0. The van der Waals surface area contributed by atoms with E-state index in [4.69, 9.17) is 0 Å². The lowest BCUT2D eigenvalue weighted by molar-refractivity contribution is 0.503. The van der Waals surface area contributed by atoms with Crippen LogP contribution in [0.2, 0.25) is 0 Å². The molecule has 0 bridgehead atoms. The molecule has 0 radical (unpaired) electrons. The van der Waals surface area contributed by atoms with Crippen molar-refractivity contribution in [2.45, 2.75) is 44.9 Å². The monoisotopic (exact) mass is 210 g/mol. The maximum atomic E-state index is 13.2. The van der Waals surface area contributed by atoms with Crippen LogP contribution in [0.5, 0.6) is 0 Å². The van der Waals surface area contributed by atoms with Crippen molar-refractivity contribution in [3.8, 4) is 0 Å². The smallest absolute Gasteiger partial charge is 0.159 e. The highest BCUT2D eigenvalue weighted by molar-refractivity contribution is 5.36. The third-order valence-corrected chi connectivity index (χ3v) is 3.29. The fraction of sp³-hybridized carbons (Fsp3) is 0.538. The normalized spacial score (nSPS) is 17.9. The Morgan fingerprint density at radius 1 is 1.27 bits per heavy atom. The van der Waals surface area contributed by atoms with Gasteiger partial charge < -0.3 is 0 Å². The summed E-state index contributed by atoms with van der Waals surface area (Å²) in [6.45, 7) is 4.14. The molecule has 0 heterocycles. The Labute approximate surface area is 89.3 Å². The lowest BCUT2D eigenvalue weighted by atomic mass is 9.91. The second kappa shape index (κ2) is 3.92. The summed E-state index contributed by atoms with van der Waals surface area (Å²) < 4.78 is 26.3. The summed E-state index contributed by atoms with van der Waals surface area (Å²) in [5, 5.41) is 0. The van der Waals surface area contributed by atoms with Gasteiger partial charge in [-0.3, -0.25) is 0 Å². The number of halogens is 2. The molecule has 15 heavy (non-hydrogen) atoms. The fourth-order valence-corrected chi connectivity index (χ4v) is 1.97. The molecule has 0 nitrogen and oxygen atoms in total.